The van der Waals surface area contributed by atoms with Crippen LogP contribution in [-0.4, -0.2) is 31.0 Å². The van der Waals surface area contributed by atoms with E-state index in [9.17, 15) is 17.6 Å². The zero-order chi connectivity index (χ0) is 22.5. The SMILES string of the molecule is CN(C)C(F)(F)C(F)(F)C(C)(C)CCC(C)(C)C(C)(C)C(C)(C)C(C)(C)C. The zero-order valence-corrected chi connectivity index (χ0v) is 19.9. The summed E-state index contributed by atoms with van der Waals surface area (Å²) in [6.45, 7) is 21.9. The van der Waals surface area contributed by atoms with Crippen molar-refractivity contribution in [3.05, 3.63) is 0 Å². The molecule has 27 heavy (non-hydrogen) atoms. The third-order valence-electron chi connectivity index (χ3n) is 8.29. The lowest BCUT2D eigenvalue weighted by atomic mass is 9.46. The lowest BCUT2D eigenvalue weighted by Crippen LogP contribution is -2.58. The highest BCUT2D eigenvalue weighted by molar-refractivity contribution is 5.03. The van der Waals surface area contributed by atoms with Crippen molar-refractivity contribution in [3.63, 3.8) is 0 Å². The average Bonchev–Trinajstić information content (AvgIpc) is 2.43. The first-order valence-corrected chi connectivity index (χ1v) is 9.83. The largest absolute Gasteiger partial charge is 0.367 e. The van der Waals surface area contributed by atoms with Gasteiger partial charge in [0, 0.05) is 5.41 Å². The Morgan fingerprint density at radius 1 is 0.556 bits per heavy atom. The summed E-state index contributed by atoms with van der Waals surface area (Å²) >= 11 is 0. The van der Waals surface area contributed by atoms with Crippen molar-refractivity contribution in [3.8, 4) is 0 Å². The molecule has 0 spiro atoms. The molecule has 0 saturated heterocycles. The Balaban J connectivity index is 5.73. The highest BCUT2D eigenvalue weighted by Crippen LogP contribution is 2.61. The van der Waals surface area contributed by atoms with E-state index in [0.717, 1.165) is 14.1 Å². The second-order valence-electron chi connectivity index (χ2n) is 11.8. The van der Waals surface area contributed by atoms with Gasteiger partial charge in [-0.2, -0.15) is 17.6 Å². The predicted molar refractivity (Wildman–Crippen MR) is 107 cm³/mol. The van der Waals surface area contributed by atoms with Crippen LogP contribution in [0, 0.1) is 27.1 Å². The minimum Gasteiger partial charge on any atom is -0.245 e. The first-order chi connectivity index (χ1) is 11.4. The Morgan fingerprint density at radius 3 is 1.19 bits per heavy atom. The number of alkyl halides is 4. The van der Waals surface area contributed by atoms with E-state index < -0.39 is 17.4 Å². The van der Waals surface area contributed by atoms with Crippen LogP contribution in [0.3, 0.4) is 0 Å². The second-order valence-corrected chi connectivity index (χ2v) is 11.8. The van der Waals surface area contributed by atoms with Crippen molar-refractivity contribution in [2.24, 2.45) is 27.1 Å². The molecule has 0 aliphatic rings. The van der Waals surface area contributed by atoms with E-state index in [1.54, 1.807) is 0 Å². The monoisotopic (exact) mass is 397 g/mol. The molecule has 0 fully saturated rings. The first-order valence-electron chi connectivity index (χ1n) is 9.83. The minimum atomic E-state index is -4.19. The molecule has 0 aromatic carbocycles. The maximum absolute atomic E-state index is 14.7. The fourth-order valence-electron chi connectivity index (χ4n) is 3.57. The molecule has 0 aromatic heterocycles. The van der Waals surface area contributed by atoms with E-state index in [1.807, 2.05) is 0 Å². The van der Waals surface area contributed by atoms with E-state index in [0.29, 0.717) is 11.3 Å². The number of hydrogen-bond donors (Lipinski definition) is 0. The summed E-state index contributed by atoms with van der Waals surface area (Å²) in [5, 5.41) is 0. The van der Waals surface area contributed by atoms with Gasteiger partial charge in [0.1, 0.15) is 0 Å². The fourth-order valence-corrected chi connectivity index (χ4v) is 3.57. The number of rotatable bonds is 8. The maximum atomic E-state index is 14.7. The molecule has 0 atom stereocenters. The summed E-state index contributed by atoms with van der Waals surface area (Å²) < 4.78 is 57.9. The highest BCUT2D eigenvalue weighted by atomic mass is 19.3. The van der Waals surface area contributed by atoms with Gasteiger partial charge >= 0.3 is 12.0 Å². The van der Waals surface area contributed by atoms with E-state index in [1.165, 1.54) is 13.8 Å². The van der Waals surface area contributed by atoms with Gasteiger partial charge in [0.25, 0.3) is 0 Å². The van der Waals surface area contributed by atoms with Crippen LogP contribution in [0.25, 0.3) is 0 Å². The van der Waals surface area contributed by atoms with Crippen molar-refractivity contribution in [2.75, 3.05) is 14.1 Å². The van der Waals surface area contributed by atoms with Gasteiger partial charge in [-0.3, -0.25) is 0 Å². The van der Waals surface area contributed by atoms with Gasteiger partial charge < -0.3 is 0 Å². The maximum Gasteiger partial charge on any atom is 0.367 e. The summed E-state index contributed by atoms with van der Waals surface area (Å²) in [6.07, 6.45) is 0.450. The van der Waals surface area contributed by atoms with Crippen LogP contribution in [0.1, 0.15) is 89.0 Å². The normalized spacial score (nSPS) is 16.2. The van der Waals surface area contributed by atoms with Gasteiger partial charge in [-0.05, 0) is 48.6 Å². The lowest BCUT2D eigenvalue weighted by Gasteiger charge is -2.58. The standard InChI is InChI=1S/C22H43F4N/c1-16(2,3)19(8,9)20(10,11)17(4,5)14-15-18(6,7)21(23,24)22(25,26)27(12)13/h14-15H2,1-13H3. The van der Waals surface area contributed by atoms with Crippen LogP contribution >= 0.6 is 0 Å². The second kappa shape index (κ2) is 7.18. The van der Waals surface area contributed by atoms with Crippen LogP contribution in [0.2, 0.25) is 0 Å². The van der Waals surface area contributed by atoms with Crippen LogP contribution in [0.5, 0.6) is 0 Å². The fraction of sp³-hybridized carbons (Fsp3) is 1.00. The Hall–Kier alpha value is -0.320. The van der Waals surface area contributed by atoms with Crippen molar-refractivity contribution in [2.45, 2.75) is 101 Å². The molecule has 0 radical (unpaired) electrons. The minimum absolute atomic E-state index is 0.00514. The van der Waals surface area contributed by atoms with Crippen LogP contribution in [0.4, 0.5) is 17.6 Å². The van der Waals surface area contributed by atoms with E-state index in [2.05, 4.69) is 62.3 Å². The van der Waals surface area contributed by atoms with Gasteiger partial charge in [0.05, 0.1) is 0 Å². The molecule has 164 valence electrons. The Labute approximate surface area is 165 Å². The molecule has 0 amide bonds. The van der Waals surface area contributed by atoms with E-state index in [-0.39, 0.29) is 28.1 Å². The van der Waals surface area contributed by atoms with Gasteiger partial charge in [-0.15, -0.1) is 0 Å². The number of hydrogen-bond acceptors (Lipinski definition) is 1. The molecule has 0 aliphatic heterocycles. The molecule has 0 aromatic rings. The first kappa shape index (κ1) is 26.7. The molecule has 1 nitrogen and oxygen atoms in total. The van der Waals surface area contributed by atoms with Crippen LogP contribution in [0.15, 0.2) is 0 Å². The van der Waals surface area contributed by atoms with Gasteiger partial charge in [-0.25, -0.2) is 4.90 Å². The molecule has 0 heterocycles. The van der Waals surface area contributed by atoms with Gasteiger partial charge in [-0.1, -0.05) is 76.2 Å². The number of nitrogens with zero attached hydrogens (tertiary/aromatic N) is 1. The molecule has 0 unspecified atom stereocenters. The Morgan fingerprint density at radius 2 is 0.889 bits per heavy atom. The smallest absolute Gasteiger partial charge is 0.245 e. The molecular formula is C22H43F4N. The molecule has 0 rings (SSSR count). The summed E-state index contributed by atoms with van der Waals surface area (Å²) in [5.41, 5.74) is -2.44. The summed E-state index contributed by atoms with van der Waals surface area (Å²) in [4.78, 5) is 0.312. The molecule has 0 saturated carbocycles. The molecular weight excluding hydrogens is 354 g/mol. The summed E-state index contributed by atoms with van der Waals surface area (Å²) in [6, 6.07) is -4.19. The lowest BCUT2D eigenvalue weighted by molar-refractivity contribution is -0.315. The van der Waals surface area contributed by atoms with Gasteiger partial charge in [0.15, 0.2) is 0 Å². The third-order valence-corrected chi connectivity index (χ3v) is 8.29. The van der Waals surface area contributed by atoms with Gasteiger partial charge in [0.2, 0.25) is 0 Å². The van der Waals surface area contributed by atoms with Crippen molar-refractivity contribution < 1.29 is 17.6 Å². The molecule has 5 heteroatoms. The topological polar surface area (TPSA) is 3.24 Å². The Kier molecular flexibility index (Phi) is 7.09. The zero-order valence-electron chi connectivity index (χ0n) is 19.9. The van der Waals surface area contributed by atoms with Crippen molar-refractivity contribution >= 4 is 0 Å². The summed E-state index contributed by atoms with van der Waals surface area (Å²) in [7, 11) is 1.98. The summed E-state index contributed by atoms with van der Waals surface area (Å²) in [5.74, 6) is -4.14. The third kappa shape index (κ3) is 4.33. The average molecular weight is 398 g/mol. The van der Waals surface area contributed by atoms with Crippen molar-refractivity contribution in [1.29, 1.82) is 0 Å². The molecule has 0 N–H and O–H groups in total. The predicted octanol–water partition coefficient (Wildman–Crippen LogP) is 7.71. The van der Waals surface area contributed by atoms with Crippen molar-refractivity contribution in [1.82, 2.24) is 4.90 Å². The Bertz CT molecular complexity index is 509. The molecule has 0 bridgehead atoms. The number of halogens is 4. The highest BCUT2D eigenvalue weighted by Gasteiger charge is 2.66. The van der Waals surface area contributed by atoms with Crippen LogP contribution < -0.4 is 0 Å². The van der Waals surface area contributed by atoms with E-state index >= 15 is 0 Å². The molecule has 0 aliphatic carbocycles. The quantitative estimate of drug-likeness (QED) is 0.299. The van der Waals surface area contributed by atoms with Crippen LogP contribution in [-0.2, 0) is 0 Å². The van der Waals surface area contributed by atoms with E-state index in [4.69, 9.17) is 0 Å².